The van der Waals surface area contributed by atoms with Gasteiger partial charge in [0.15, 0.2) is 0 Å². The molecular formula is C28H52O2. The summed E-state index contributed by atoms with van der Waals surface area (Å²) in [6.07, 6.45) is 27.8. The molecule has 1 N–H and O–H groups in total. The number of hydrogen-bond acceptors (Lipinski definition) is 1. The van der Waals surface area contributed by atoms with Crippen LogP contribution in [0.25, 0.3) is 0 Å². The first-order chi connectivity index (χ1) is 14.5. The van der Waals surface area contributed by atoms with E-state index < -0.39 is 5.97 Å². The maximum atomic E-state index is 11.8. The first-order valence-electron chi connectivity index (χ1n) is 13.1. The predicted molar refractivity (Wildman–Crippen MR) is 133 cm³/mol. The van der Waals surface area contributed by atoms with Crippen molar-refractivity contribution < 1.29 is 9.90 Å². The average molecular weight is 421 g/mol. The molecule has 2 heteroatoms. The van der Waals surface area contributed by atoms with E-state index >= 15 is 0 Å². The molecule has 0 aliphatic heterocycles. The van der Waals surface area contributed by atoms with Gasteiger partial charge in [0.25, 0.3) is 0 Å². The molecule has 0 radical (unpaired) electrons. The van der Waals surface area contributed by atoms with Crippen molar-refractivity contribution >= 4 is 5.97 Å². The van der Waals surface area contributed by atoms with Crippen LogP contribution in [0.2, 0.25) is 0 Å². The summed E-state index contributed by atoms with van der Waals surface area (Å²) in [6.45, 7) is 8.93. The molecule has 0 heterocycles. The van der Waals surface area contributed by atoms with E-state index in [1.165, 1.54) is 70.6 Å². The highest BCUT2D eigenvalue weighted by Gasteiger charge is 2.24. The molecule has 0 saturated carbocycles. The molecule has 3 unspecified atom stereocenters. The number of carboxylic acid groups (broad SMARTS) is 1. The Hall–Kier alpha value is -1.05. The molecule has 0 aliphatic carbocycles. The third kappa shape index (κ3) is 17.8. The molecule has 0 fully saturated rings. The lowest BCUT2D eigenvalue weighted by molar-refractivity contribution is -0.143. The van der Waals surface area contributed by atoms with E-state index in [1.807, 2.05) is 0 Å². The number of allylic oxidation sites excluding steroid dienone is 4. The Balaban J connectivity index is 4.02. The van der Waals surface area contributed by atoms with Crippen molar-refractivity contribution in [2.24, 2.45) is 17.8 Å². The summed E-state index contributed by atoms with van der Waals surface area (Å²) < 4.78 is 0. The zero-order chi connectivity index (χ0) is 22.5. The Labute approximate surface area is 188 Å². The summed E-state index contributed by atoms with van der Waals surface area (Å²) in [7, 11) is 0. The van der Waals surface area contributed by atoms with Gasteiger partial charge in [0.05, 0.1) is 5.92 Å². The van der Waals surface area contributed by atoms with E-state index in [0.717, 1.165) is 32.1 Å². The zero-order valence-electron chi connectivity index (χ0n) is 20.7. The van der Waals surface area contributed by atoms with E-state index in [9.17, 15) is 9.90 Å². The van der Waals surface area contributed by atoms with E-state index in [1.54, 1.807) is 0 Å². The van der Waals surface area contributed by atoms with Crippen LogP contribution < -0.4 is 0 Å². The Morgan fingerprint density at radius 1 is 0.733 bits per heavy atom. The van der Waals surface area contributed by atoms with Gasteiger partial charge in [-0.2, -0.15) is 0 Å². The molecule has 0 saturated heterocycles. The van der Waals surface area contributed by atoms with Gasteiger partial charge in [-0.05, 0) is 56.8 Å². The second-order valence-electron chi connectivity index (χ2n) is 9.37. The molecule has 3 atom stereocenters. The van der Waals surface area contributed by atoms with Crippen molar-refractivity contribution in [3.05, 3.63) is 24.3 Å². The fraction of sp³-hybridized carbons (Fsp3) is 0.821. The maximum absolute atomic E-state index is 11.8. The molecule has 0 bridgehead atoms. The largest absolute Gasteiger partial charge is 0.481 e. The molecule has 0 rings (SSSR count). The minimum atomic E-state index is -0.579. The number of hydrogen-bond donors (Lipinski definition) is 1. The molecule has 176 valence electrons. The molecule has 0 spiro atoms. The summed E-state index contributed by atoms with van der Waals surface area (Å²) in [6, 6.07) is 0. The predicted octanol–water partition coefficient (Wildman–Crippen LogP) is 9.35. The van der Waals surface area contributed by atoms with Crippen LogP contribution in [0.1, 0.15) is 130 Å². The molecule has 30 heavy (non-hydrogen) atoms. The van der Waals surface area contributed by atoms with Gasteiger partial charge in [0, 0.05) is 0 Å². The van der Waals surface area contributed by atoms with Crippen molar-refractivity contribution in [3.8, 4) is 0 Å². The topological polar surface area (TPSA) is 37.3 Å². The van der Waals surface area contributed by atoms with Gasteiger partial charge in [-0.15, -0.1) is 0 Å². The Bertz CT molecular complexity index is 438. The van der Waals surface area contributed by atoms with Crippen LogP contribution in [0.4, 0.5) is 0 Å². The highest BCUT2D eigenvalue weighted by atomic mass is 16.4. The van der Waals surface area contributed by atoms with Gasteiger partial charge in [-0.1, -0.05) is 110 Å². The standard InChI is InChI=1S/C28H52O2/c1-5-8-10-11-12-13-14-15-16-17-18-19-21-25(4)23-27(28(29)30)24-26(20-7-3)22-9-6-2/h12-13,15-16,25-27H,5-11,14,17-24H2,1-4H3,(H,29,30)/b13-12-,16-15-. The summed E-state index contributed by atoms with van der Waals surface area (Å²) >= 11 is 0. The van der Waals surface area contributed by atoms with E-state index in [-0.39, 0.29) is 5.92 Å². The van der Waals surface area contributed by atoms with Crippen LogP contribution in [0.3, 0.4) is 0 Å². The molecule has 2 nitrogen and oxygen atoms in total. The fourth-order valence-corrected chi connectivity index (χ4v) is 4.36. The van der Waals surface area contributed by atoms with Gasteiger partial charge in [-0.25, -0.2) is 0 Å². The average Bonchev–Trinajstić information content (AvgIpc) is 2.72. The first kappa shape index (κ1) is 28.9. The number of carbonyl (C=O) groups is 1. The third-order valence-corrected chi connectivity index (χ3v) is 6.21. The Kier molecular flexibility index (Phi) is 20.5. The van der Waals surface area contributed by atoms with Crippen molar-refractivity contribution in [2.75, 3.05) is 0 Å². The first-order valence-corrected chi connectivity index (χ1v) is 13.1. The monoisotopic (exact) mass is 420 g/mol. The van der Waals surface area contributed by atoms with Gasteiger partial charge >= 0.3 is 5.97 Å². The van der Waals surface area contributed by atoms with Crippen LogP contribution in [0.5, 0.6) is 0 Å². The number of unbranched alkanes of at least 4 members (excludes halogenated alkanes) is 6. The lowest BCUT2D eigenvalue weighted by Crippen LogP contribution is -2.20. The Morgan fingerprint density at radius 2 is 1.37 bits per heavy atom. The molecule has 0 aromatic rings. The summed E-state index contributed by atoms with van der Waals surface area (Å²) in [4.78, 5) is 11.8. The second kappa shape index (κ2) is 21.2. The van der Waals surface area contributed by atoms with Crippen LogP contribution in [0, 0.1) is 17.8 Å². The summed E-state index contributed by atoms with van der Waals surface area (Å²) in [5, 5.41) is 9.72. The molecule has 0 aliphatic rings. The van der Waals surface area contributed by atoms with Crippen LogP contribution >= 0.6 is 0 Å². The highest BCUT2D eigenvalue weighted by molar-refractivity contribution is 5.69. The van der Waals surface area contributed by atoms with Gasteiger partial charge < -0.3 is 5.11 Å². The SMILES string of the molecule is CCCCC/C=C\C/C=C\CCCCC(C)CC(CC(CCC)CCCC)C(=O)O. The zero-order valence-corrected chi connectivity index (χ0v) is 20.7. The fourth-order valence-electron chi connectivity index (χ4n) is 4.36. The van der Waals surface area contributed by atoms with Gasteiger partial charge in [-0.3, -0.25) is 4.79 Å². The summed E-state index contributed by atoms with van der Waals surface area (Å²) in [5.41, 5.74) is 0. The quantitative estimate of drug-likeness (QED) is 0.148. The normalized spacial score (nSPS) is 15.1. The second-order valence-corrected chi connectivity index (χ2v) is 9.37. The lowest BCUT2D eigenvalue weighted by Gasteiger charge is -2.23. The third-order valence-electron chi connectivity index (χ3n) is 6.21. The number of rotatable bonds is 21. The van der Waals surface area contributed by atoms with Crippen molar-refractivity contribution in [1.82, 2.24) is 0 Å². The van der Waals surface area contributed by atoms with Crippen LogP contribution in [0.15, 0.2) is 24.3 Å². The van der Waals surface area contributed by atoms with Crippen molar-refractivity contribution in [2.45, 2.75) is 130 Å². The smallest absolute Gasteiger partial charge is 0.306 e. The minimum absolute atomic E-state index is 0.155. The molecule has 0 aromatic carbocycles. The highest BCUT2D eigenvalue weighted by Crippen LogP contribution is 2.28. The van der Waals surface area contributed by atoms with E-state index in [0.29, 0.717) is 11.8 Å². The molecule has 0 amide bonds. The van der Waals surface area contributed by atoms with Gasteiger partial charge in [0.2, 0.25) is 0 Å². The Morgan fingerprint density at radius 3 is 1.93 bits per heavy atom. The van der Waals surface area contributed by atoms with Crippen LogP contribution in [-0.2, 0) is 4.79 Å². The minimum Gasteiger partial charge on any atom is -0.481 e. The molecular weight excluding hydrogens is 368 g/mol. The van der Waals surface area contributed by atoms with Gasteiger partial charge in [0.1, 0.15) is 0 Å². The van der Waals surface area contributed by atoms with Crippen molar-refractivity contribution in [3.63, 3.8) is 0 Å². The van der Waals surface area contributed by atoms with E-state index in [4.69, 9.17) is 0 Å². The number of carboxylic acids is 1. The molecule has 0 aromatic heterocycles. The van der Waals surface area contributed by atoms with Crippen LogP contribution in [-0.4, -0.2) is 11.1 Å². The maximum Gasteiger partial charge on any atom is 0.306 e. The lowest BCUT2D eigenvalue weighted by atomic mass is 9.82. The van der Waals surface area contributed by atoms with E-state index in [2.05, 4.69) is 52.0 Å². The number of aliphatic carboxylic acids is 1. The summed E-state index contributed by atoms with van der Waals surface area (Å²) in [5.74, 6) is 0.367. The van der Waals surface area contributed by atoms with Crippen molar-refractivity contribution in [1.29, 1.82) is 0 Å².